The molecule has 182 valence electrons. The lowest BCUT2D eigenvalue weighted by atomic mass is 10.1. The number of benzene rings is 1. The van der Waals surface area contributed by atoms with E-state index in [9.17, 15) is 9.59 Å². The van der Waals surface area contributed by atoms with E-state index in [0.29, 0.717) is 13.0 Å². The number of anilines is 2. The molecule has 2 saturated heterocycles. The van der Waals surface area contributed by atoms with Gasteiger partial charge in [0.2, 0.25) is 11.8 Å². The van der Waals surface area contributed by atoms with Crippen molar-refractivity contribution in [1.82, 2.24) is 19.7 Å². The molecule has 3 heterocycles. The van der Waals surface area contributed by atoms with Crippen LogP contribution < -0.4 is 10.2 Å². The molecule has 2 aliphatic rings. The van der Waals surface area contributed by atoms with Gasteiger partial charge in [0, 0.05) is 77.2 Å². The first-order chi connectivity index (χ1) is 16.5. The van der Waals surface area contributed by atoms with E-state index < -0.39 is 0 Å². The van der Waals surface area contributed by atoms with Crippen LogP contribution in [0.25, 0.3) is 0 Å². The lowest BCUT2D eigenvalue weighted by Crippen LogP contribution is -2.51. The minimum atomic E-state index is 0.0332. The third kappa shape index (κ3) is 6.33. The first-order valence-corrected chi connectivity index (χ1v) is 12.2. The van der Waals surface area contributed by atoms with Gasteiger partial charge in [0.05, 0.1) is 6.54 Å². The lowest BCUT2D eigenvalue weighted by Gasteiger charge is -2.37. The molecule has 0 atom stereocenters. The fourth-order valence-corrected chi connectivity index (χ4v) is 4.70. The minimum absolute atomic E-state index is 0.0332. The highest BCUT2D eigenvalue weighted by atomic mass is 16.2. The van der Waals surface area contributed by atoms with Crippen molar-refractivity contribution in [1.29, 1.82) is 0 Å². The Hall–Kier alpha value is -2.97. The number of pyridine rings is 1. The Kier molecular flexibility index (Phi) is 8.13. The largest absolute Gasteiger partial charge is 0.353 e. The van der Waals surface area contributed by atoms with E-state index in [4.69, 9.17) is 0 Å². The average molecular weight is 465 g/mol. The summed E-state index contributed by atoms with van der Waals surface area (Å²) in [6.07, 6.45) is 2.36. The third-order valence-electron chi connectivity index (χ3n) is 6.83. The maximum Gasteiger partial charge on any atom is 0.238 e. The van der Waals surface area contributed by atoms with Crippen LogP contribution in [0.5, 0.6) is 0 Å². The molecule has 8 nitrogen and oxygen atoms in total. The predicted molar refractivity (Wildman–Crippen MR) is 135 cm³/mol. The number of hydrogen-bond acceptors (Lipinski definition) is 6. The Morgan fingerprint density at radius 3 is 2.18 bits per heavy atom. The second kappa shape index (κ2) is 11.4. The number of nitrogens with one attached hydrogen (secondary N) is 1. The summed E-state index contributed by atoms with van der Waals surface area (Å²) in [6, 6.07) is 12.0. The van der Waals surface area contributed by atoms with E-state index in [-0.39, 0.29) is 11.8 Å². The Bertz CT molecular complexity index is 946. The molecule has 0 unspecified atom stereocenters. The highest BCUT2D eigenvalue weighted by Gasteiger charge is 2.24. The molecule has 8 heteroatoms. The van der Waals surface area contributed by atoms with Gasteiger partial charge in [-0.25, -0.2) is 4.98 Å². The summed E-state index contributed by atoms with van der Waals surface area (Å²) >= 11 is 0. The Morgan fingerprint density at radius 2 is 1.53 bits per heavy atom. The fourth-order valence-electron chi connectivity index (χ4n) is 4.70. The summed E-state index contributed by atoms with van der Waals surface area (Å²) < 4.78 is 0. The first-order valence-electron chi connectivity index (χ1n) is 12.2. The molecular formula is C26H36N6O2. The van der Waals surface area contributed by atoms with Crippen LogP contribution in [-0.2, 0) is 9.59 Å². The summed E-state index contributed by atoms with van der Waals surface area (Å²) in [4.78, 5) is 38.4. The number of amides is 2. The molecule has 2 fully saturated rings. The number of aromatic nitrogens is 1. The molecule has 0 aliphatic carbocycles. The summed E-state index contributed by atoms with van der Waals surface area (Å²) in [5.41, 5.74) is 3.09. The van der Waals surface area contributed by atoms with Crippen LogP contribution in [0.3, 0.4) is 0 Å². The summed E-state index contributed by atoms with van der Waals surface area (Å²) in [7, 11) is 0. The zero-order valence-corrected chi connectivity index (χ0v) is 20.4. The highest BCUT2D eigenvalue weighted by molar-refractivity contribution is 5.93. The molecule has 0 radical (unpaired) electrons. The summed E-state index contributed by atoms with van der Waals surface area (Å²) in [5, 5.41) is 3.08. The van der Waals surface area contributed by atoms with Gasteiger partial charge in [-0.1, -0.05) is 24.3 Å². The zero-order chi connectivity index (χ0) is 23.9. The number of aryl methyl sites for hydroxylation is 2. The molecule has 1 aromatic carbocycles. The van der Waals surface area contributed by atoms with Gasteiger partial charge < -0.3 is 20.0 Å². The van der Waals surface area contributed by atoms with Gasteiger partial charge in [0.25, 0.3) is 0 Å². The van der Waals surface area contributed by atoms with Crippen LogP contribution >= 0.6 is 0 Å². The van der Waals surface area contributed by atoms with Crippen LogP contribution in [0.1, 0.15) is 17.5 Å². The van der Waals surface area contributed by atoms with E-state index in [0.717, 1.165) is 81.5 Å². The van der Waals surface area contributed by atoms with E-state index in [2.05, 4.69) is 25.0 Å². The second-order valence-electron chi connectivity index (χ2n) is 9.24. The van der Waals surface area contributed by atoms with Crippen molar-refractivity contribution < 1.29 is 9.59 Å². The van der Waals surface area contributed by atoms with Crippen LogP contribution in [0, 0.1) is 13.8 Å². The maximum absolute atomic E-state index is 12.7. The first kappa shape index (κ1) is 24.2. The van der Waals surface area contributed by atoms with E-state index in [1.165, 1.54) is 0 Å². The van der Waals surface area contributed by atoms with E-state index in [1.807, 2.05) is 61.3 Å². The van der Waals surface area contributed by atoms with Crippen molar-refractivity contribution in [2.75, 3.05) is 75.7 Å². The summed E-state index contributed by atoms with van der Waals surface area (Å²) in [6.45, 7) is 11.8. The molecular weight excluding hydrogens is 428 g/mol. The van der Waals surface area contributed by atoms with Crippen molar-refractivity contribution in [3.63, 3.8) is 0 Å². The van der Waals surface area contributed by atoms with Crippen LogP contribution in [0.15, 0.2) is 42.6 Å². The van der Waals surface area contributed by atoms with E-state index in [1.54, 1.807) is 0 Å². The Morgan fingerprint density at radius 1 is 0.853 bits per heavy atom. The number of rotatable bonds is 7. The van der Waals surface area contributed by atoms with Crippen LogP contribution in [0.2, 0.25) is 0 Å². The Balaban J connectivity index is 1.14. The number of hydrogen-bond donors (Lipinski definition) is 1. The molecule has 1 aromatic heterocycles. The smallest absolute Gasteiger partial charge is 0.238 e. The second-order valence-corrected chi connectivity index (χ2v) is 9.24. The van der Waals surface area contributed by atoms with Crippen molar-refractivity contribution in [2.45, 2.75) is 20.3 Å². The van der Waals surface area contributed by atoms with Gasteiger partial charge in [-0.15, -0.1) is 0 Å². The molecule has 0 spiro atoms. The van der Waals surface area contributed by atoms with Gasteiger partial charge >= 0.3 is 0 Å². The zero-order valence-electron chi connectivity index (χ0n) is 20.4. The maximum atomic E-state index is 12.7. The number of carbonyl (C=O) groups is 2. The quantitative estimate of drug-likeness (QED) is 0.676. The normalized spacial score (nSPS) is 17.6. The molecule has 1 N–H and O–H groups in total. The minimum Gasteiger partial charge on any atom is -0.353 e. The van der Waals surface area contributed by atoms with Crippen molar-refractivity contribution >= 4 is 23.3 Å². The van der Waals surface area contributed by atoms with Gasteiger partial charge in [-0.2, -0.15) is 0 Å². The van der Waals surface area contributed by atoms with Gasteiger partial charge in [-0.05, 0) is 37.1 Å². The SMILES string of the molecule is Cc1cccc(C)c1NC(=O)CN1CCN(CCC(=O)N2CCN(c3ccccn3)CC2)CC1. The van der Waals surface area contributed by atoms with Gasteiger partial charge in [0.1, 0.15) is 5.82 Å². The van der Waals surface area contributed by atoms with Crippen LogP contribution in [0.4, 0.5) is 11.5 Å². The average Bonchev–Trinajstić information content (AvgIpc) is 2.86. The molecule has 0 bridgehead atoms. The van der Waals surface area contributed by atoms with Gasteiger partial charge in [0.15, 0.2) is 0 Å². The number of carbonyl (C=O) groups excluding carboxylic acids is 2. The molecule has 4 rings (SSSR count). The highest BCUT2D eigenvalue weighted by Crippen LogP contribution is 2.19. The van der Waals surface area contributed by atoms with Crippen LogP contribution in [-0.4, -0.2) is 96.9 Å². The Labute approximate surface area is 202 Å². The molecule has 2 aliphatic heterocycles. The number of nitrogens with zero attached hydrogens (tertiary/aromatic N) is 5. The molecule has 2 aromatic rings. The van der Waals surface area contributed by atoms with Gasteiger partial charge in [-0.3, -0.25) is 14.5 Å². The van der Waals surface area contributed by atoms with E-state index >= 15 is 0 Å². The predicted octanol–water partition coefficient (Wildman–Crippen LogP) is 1.99. The summed E-state index contributed by atoms with van der Waals surface area (Å²) in [5.74, 6) is 1.25. The van der Waals surface area contributed by atoms with Crippen molar-refractivity contribution in [3.8, 4) is 0 Å². The topological polar surface area (TPSA) is 72.0 Å². The number of para-hydroxylation sites is 1. The number of piperazine rings is 2. The molecule has 34 heavy (non-hydrogen) atoms. The standard InChI is InChI=1S/C26H36N6O2/c1-21-6-5-7-22(2)26(21)28-24(33)20-30-14-12-29(13-15-30)11-9-25(34)32-18-16-31(17-19-32)23-8-3-4-10-27-23/h3-8,10H,9,11-20H2,1-2H3,(H,28,33). The molecule has 2 amide bonds. The third-order valence-corrected chi connectivity index (χ3v) is 6.83. The monoisotopic (exact) mass is 464 g/mol. The van der Waals surface area contributed by atoms with Crippen molar-refractivity contribution in [2.24, 2.45) is 0 Å². The fraction of sp³-hybridized carbons (Fsp3) is 0.500. The molecule has 0 saturated carbocycles. The lowest BCUT2D eigenvalue weighted by molar-refractivity contribution is -0.131. The van der Waals surface area contributed by atoms with Crippen molar-refractivity contribution in [3.05, 3.63) is 53.7 Å².